The molecule has 0 atom stereocenters. The van der Waals surface area contributed by atoms with Crippen LogP contribution in [0, 0.1) is 20.2 Å². The number of carbonyl (C=O) groups is 2. The van der Waals surface area contributed by atoms with Crippen LogP contribution in [0.2, 0.25) is 0 Å². The Hall–Kier alpha value is -4.48. The molecule has 2 rings (SSSR count). The summed E-state index contributed by atoms with van der Waals surface area (Å²) in [4.78, 5) is 43.9. The quantitative estimate of drug-likeness (QED) is 0.235. The zero-order valence-corrected chi connectivity index (χ0v) is 16.8. The van der Waals surface area contributed by atoms with Crippen molar-refractivity contribution >= 4 is 35.6 Å². The maximum Gasteiger partial charge on any atom is 0.270 e. The van der Waals surface area contributed by atoms with Crippen LogP contribution in [0.15, 0.2) is 58.7 Å². The monoisotopic (exact) mass is 440 g/mol. The smallest absolute Gasteiger partial charge is 0.270 e. The molecule has 32 heavy (non-hydrogen) atoms. The first-order chi connectivity index (χ1) is 15.3. The number of hydrogen-bond donors (Lipinski definition) is 2. The van der Waals surface area contributed by atoms with E-state index in [1.165, 1.54) is 48.8 Å². The van der Waals surface area contributed by atoms with Crippen molar-refractivity contribution in [3.05, 3.63) is 79.9 Å². The number of unbranched alkanes of at least 4 members (excludes halogenated alkanes) is 1. The third-order valence-electron chi connectivity index (χ3n) is 4.03. The van der Waals surface area contributed by atoms with Crippen LogP contribution in [0.3, 0.4) is 0 Å². The van der Waals surface area contributed by atoms with Gasteiger partial charge in [0.15, 0.2) is 0 Å². The Labute approximate surface area is 182 Å². The molecule has 0 aliphatic rings. The van der Waals surface area contributed by atoms with E-state index in [9.17, 15) is 29.8 Å². The summed E-state index contributed by atoms with van der Waals surface area (Å²) < 4.78 is 0. The van der Waals surface area contributed by atoms with Crippen molar-refractivity contribution in [3.63, 3.8) is 0 Å². The normalized spacial score (nSPS) is 10.9. The van der Waals surface area contributed by atoms with E-state index in [0.29, 0.717) is 24.0 Å². The Bertz CT molecular complexity index is 969. The number of nitro benzene ring substituents is 2. The van der Waals surface area contributed by atoms with E-state index in [4.69, 9.17) is 0 Å². The van der Waals surface area contributed by atoms with Gasteiger partial charge in [-0.25, -0.2) is 10.9 Å². The number of non-ortho nitro benzene ring substituents is 2. The van der Waals surface area contributed by atoms with Crippen LogP contribution in [0.4, 0.5) is 11.4 Å². The third-order valence-corrected chi connectivity index (χ3v) is 4.03. The van der Waals surface area contributed by atoms with Crippen molar-refractivity contribution in [2.45, 2.75) is 25.7 Å². The molecule has 0 aliphatic heterocycles. The molecular formula is C20H20N6O6. The summed E-state index contributed by atoms with van der Waals surface area (Å²) in [5.74, 6) is -0.702. The van der Waals surface area contributed by atoms with Crippen LogP contribution < -0.4 is 10.9 Å². The highest BCUT2D eigenvalue weighted by Crippen LogP contribution is 2.12. The predicted octanol–water partition coefficient (Wildman–Crippen LogP) is 2.66. The molecule has 0 fully saturated rings. The first kappa shape index (κ1) is 23.8. The maximum atomic E-state index is 11.8. The van der Waals surface area contributed by atoms with Crippen LogP contribution in [0.5, 0.6) is 0 Å². The number of carbonyl (C=O) groups excluding carboxylic acids is 2. The molecule has 0 saturated carbocycles. The first-order valence-electron chi connectivity index (χ1n) is 9.48. The first-order valence-corrected chi connectivity index (χ1v) is 9.48. The molecule has 12 nitrogen and oxygen atoms in total. The molecule has 0 heterocycles. The zero-order valence-electron chi connectivity index (χ0n) is 16.8. The van der Waals surface area contributed by atoms with Crippen LogP contribution in [-0.2, 0) is 9.59 Å². The Balaban J connectivity index is 1.64. The number of amides is 2. The standard InChI is InChI=1S/C20H20N6O6/c27-19(23-21-13-15-5-3-7-17(11-15)25(29)30)9-1-2-10-20(28)24-22-14-16-6-4-8-18(12-16)26(31)32/h3-8,11-14H,1-2,9-10H2,(H,23,27)(H,24,28)/b21-13-,22-14-. The lowest BCUT2D eigenvalue weighted by molar-refractivity contribution is -0.385. The number of rotatable bonds is 11. The van der Waals surface area contributed by atoms with E-state index in [-0.39, 0.29) is 36.0 Å². The van der Waals surface area contributed by atoms with Gasteiger partial charge in [0.05, 0.1) is 22.3 Å². The highest BCUT2D eigenvalue weighted by atomic mass is 16.6. The summed E-state index contributed by atoms with van der Waals surface area (Å²) in [6, 6.07) is 11.6. The lowest BCUT2D eigenvalue weighted by Crippen LogP contribution is -2.19. The lowest BCUT2D eigenvalue weighted by atomic mass is 10.2. The van der Waals surface area contributed by atoms with Crippen LogP contribution in [0.25, 0.3) is 0 Å². The SMILES string of the molecule is O=C(CCCCC(=O)N/N=C\c1cccc([N+](=O)[O-])c1)N/N=C\c1cccc([N+](=O)[O-])c1. The van der Waals surface area contributed by atoms with E-state index in [2.05, 4.69) is 21.1 Å². The summed E-state index contributed by atoms with van der Waals surface area (Å²) in [7, 11) is 0. The molecule has 0 aliphatic carbocycles. The van der Waals surface area contributed by atoms with Gasteiger partial charge in [0.2, 0.25) is 11.8 Å². The second kappa shape index (κ2) is 12.3. The number of benzene rings is 2. The molecular weight excluding hydrogens is 420 g/mol. The molecule has 0 spiro atoms. The minimum absolute atomic E-state index is 0.0760. The van der Waals surface area contributed by atoms with E-state index >= 15 is 0 Å². The number of hydrogen-bond acceptors (Lipinski definition) is 8. The highest BCUT2D eigenvalue weighted by Gasteiger charge is 2.06. The highest BCUT2D eigenvalue weighted by molar-refractivity contribution is 5.84. The van der Waals surface area contributed by atoms with Crippen LogP contribution in [-0.4, -0.2) is 34.1 Å². The number of nitrogens with zero attached hydrogens (tertiary/aromatic N) is 4. The van der Waals surface area contributed by atoms with Crippen molar-refractivity contribution < 1.29 is 19.4 Å². The molecule has 2 N–H and O–H groups in total. The minimum Gasteiger partial charge on any atom is -0.273 e. The molecule has 0 radical (unpaired) electrons. The van der Waals surface area contributed by atoms with Gasteiger partial charge in [0.1, 0.15) is 0 Å². The molecule has 166 valence electrons. The van der Waals surface area contributed by atoms with E-state index in [0.717, 1.165) is 0 Å². The predicted molar refractivity (Wildman–Crippen MR) is 116 cm³/mol. The van der Waals surface area contributed by atoms with E-state index < -0.39 is 9.85 Å². The molecule has 0 aromatic heterocycles. The fourth-order valence-corrected chi connectivity index (χ4v) is 2.48. The number of nitrogens with one attached hydrogen (secondary N) is 2. The van der Waals surface area contributed by atoms with Gasteiger partial charge in [-0.15, -0.1) is 0 Å². The van der Waals surface area contributed by atoms with Gasteiger partial charge >= 0.3 is 0 Å². The van der Waals surface area contributed by atoms with Crippen molar-refractivity contribution in [1.82, 2.24) is 10.9 Å². The van der Waals surface area contributed by atoms with Gasteiger partial charge in [-0.1, -0.05) is 24.3 Å². The summed E-state index contributed by atoms with van der Waals surface area (Å²) in [6.07, 6.45) is 3.79. The molecule has 2 aromatic rings. The zero-order chi connectivity index (χ0) is 23.3. The average Bonchev–Trinajstić information content (AvgIpc) is 2.77. The van der Waals surface area contributed by atoms with Crippen molar-refractivity contribution in [2.75, 3.05) is 0 Å². The summed E-state index contributed by atoms with van der Waals surface area (Å²) in [5.41, 5.74) is 5.44. The largest absolute Gasteiger partial charge is 0.273 e. The Morgan fingerprint density at radius 2 is 1.19 bits per heavy atom. The van der Waals surface area contributed by atoms with Crippen molar-refractivity contribution in [2.24, 2.45) is 10.2 Å². The van der Waals surface area contributed by atoms with Gasteiger partial charge in [-0.05, 0) is 12.8 Å². The van der Waals surface area contributed by atoms with E-state index in [1.54, 1.807) is 12.1 Å². The van der Waals surface area contributed by atoms with Crippen molar-refractivity contribution in [3.8, 4) is 0 Å². The molecule has 2 amide bonds. The lowest BCUT2D eigenvalue weighted by Gasteiger charge is -2.01. The topological polar surface area (TPSA) is 169 Å². The molecule has 0 unspecified atom stereocenters. The average molecular weight is 440 g/mol. The Kier molecular flexibility index (Phi) is 9.12. The van der Waals surface area contributed by atoms with Gasteiger partial charge in [0.25, 0.3) is 11.4 Å². The van der Waals surface area contributed by atoms with E-state index in [1.807, 2.05) is 0 Å². The molecule has 2 aromatic carbocycles. The second-order valence-corrected chi connectivity index (χ2v) is 6.50. The molecule has 12 heteroatoms. The Morgan fingerprint density at radius 1 is 0.781 bits per heavy atom. The van der Waals surface area contributed by atoms with Crippen LogP contribution >= 0.6 is 0 Å². The maximum absolute atomic E-state index is 11.8. The fraction of sp³-hybridized carbons (Fsp3) is 0.200. The van der Waals surface area contributed by atoms with Crippen LogP contribution in [0.1, 0.15) is 36.8 Å². The van der Waals surface area contributed by atoms with Gasteiger partial charge in [0, 0.05) is 48.2 Å². The second-order valence-electron chi connectivity index (χ2n) is 6.50. The summed E-state index contributed by atoms with van der Waals surface area (Å²) >= 11 is 0. The molecule has 0 saturated heterocycles. The Morgan fingerprint density at radius 3 is 1.56 bits per heavy atom. The summed E-state index contributed by atoms with van der Waals surface area (Å²) in [5, 5.41) is 28.9. The van der Waals surface area contributed by atoms with Gasteiger partial charge < -0.3 is 0 Å². The number of hydrazone groups is 2. The number of nitro groups is 2. The third kappa shape index (κ3) is 8.49. The van der Waals surface area contributed by atoms with Gasteiger partial charge in [-0.2, -0.15) is 10.2 Å². The fourth-order valence-electron chi connectivity index (χ4n) is 2.48. The minimum atomic E-state index is -0.523. The van der Waals surface area contributed by atoms with Gasteiger partial charge in [-0.3, -0.25) is 29.8 Å². The van der Waals surface area contributed by atoms with Crippen molar-refractivity contribution in [1.29, 1.82) is 0 Å². The molecule has 0 bridgehead atoms. The summed E-state index contributed by atoms with van der Waals surface area (Å²) in [6.45, 7) is 0.